The maximum atomic E-state index is 11.8. The molecule has 0 radical (unpaired) electrons. The monoisotopic (exact) mass is 379 g/mol. The Morgan fingerprint density at radius 3 is 2.65 bits per heavy atom. The van der Waals surface area contributed by atoms with Crippen molar-refractivity contribution in [1.82, 2.24) is 9.62 Å². The van der Waals surface area contributed by atoms with Gasteiger partial charge in [-0.25, -0.2) is 12.7 Å². The fraction of sp³-hybridized carbons (Fsp3) is 0.700. The Hall–Kier alpha value is -1.11. The van der Waals surface area contributed by atoms with Crippen LogP contribution < -0.4 is 11.1 Å². The molecule has 2 aliphatic rings. The number of aryl methyl sites for hydroxylation is 1. The molecule has 3 rings (SSSR count). The van der Waals surface area contributed by atoms with Gasteiger partial charge in [0.2, 0.25) is 10.0 Å². The summed E-state index contributed by atoms with van der Waals surface area (Å²) in [5, 5.41) is 3.86. The number of nitrogens with one attached hydrogen (secondary N) is 1. The third-order valence-electron chi connectivity index (χ3n) is 6.10. The zero-order valence-corrected chi connectivity index (χ0v) is 16.9. The van der Waals surface area contributed by atoms with Crippen molar-refractivity contribution in [3.05, 3.63) is 29.3 Å². The van der Waals surface area contributed by atoms with E-state index in [0.29, 0.717) is 19.0 Å². The van der Waals surface area contributed by atoms with Crippen LogP contribution in [0.5, 0.6) is 0 Å². The first-order valence-electron chi connectivity index (χ1n) is 9.89. The van der Waals surface area contributed by atoms with Crippen LogP contribution in [-0.2, 0) is 22.9 Å². The number of sulfonamides is 1. The number of piperidine rings is 1. The molecule has 1 aromatic carbocycles. The minimum Gasteiger partial charge on any atom is -0.399 e. The SMILES string of the molecule is CCCNC1(CC2CCN(S(C)(=O)=O)CC2)CCc2ccc(N)cc2C1. The van der Waals surface area contributed by atoms with E-state index < -0.39 is 10.0 Å². The van der Waals surface area contributed by atoms with Gasteiger partial charge in [-0.15, -0.1) is 0 Å². The molecule has 26 heavy (non-hydrogen) atoms. The topological polar surface area (TPSA) is 75.4 Å². The predicted molar refractivity (Wildman–Crippen MR) is 108 cm³/mol. The summed E-state index contributed by atoms with van der Waals surface area (Å²) in [5.41, 5.74) is 9.81. The summed E-state index contributed by atoms with van der Waals surface area (Å²) >= 11 is 0. The van der Waals surface area contributed by atoms with Gasteiger partial charge in [0, 0.05) is 24.3 Å². The molecule has 1 heterocycles. The summed E-state index contributed by atoms with van der Waals surface area (Å²) in [7, 11) is -3.05. The van der Waals surface area contributed by atoms with E-state index in [-0.39, 0.29) is 5.54 Å². The van der Waals surface area contributed by atoms with Crippen LogP contribution >= 0.6 is 0 Å². The summed E-state index contributed by atoms with van der Waals surface area (Å²) in [4.78, 5) is 0. The lowest BCUT2D eigenvalue weighted by Gasteiger charge is -2.43. The van der Waals surface area contributed by atoms with E-state index in [9.17, 15) is 8.42 Å². The molecule has 0 amide bonds. The molecule has 1 fully saturated rings. The first-order chi connectivity index (χ1) is 12.3. The number of fused-ring (bicyclic) bond motifs is 1. The fourth-order valence-corrected chi connectivity index (χ4v) is 5.54. The minimum atomic E-state index is -3.05. The van der Waals surface area contributed by atoms with Gasteiger partial charge in [0.05, 0.1) is 6.26 Å². The molecule has 146 valence electrons. The minimum absolute atomic E-state index is 0.120. The molecular formula is C20H33N3O2S. The van der Waals surface area contributed by atoms with E-state index in [1.165, 1.54) is 17.4 Å². The molecule has 0 bridgehead atoms. The van der Waals surface area contributed by atoms with Gasteiger partial charge in [-0.1, -0.05) is 13.0 Å². The lowest BCUT2D eigenvalue weighted by molar-refractivity contribution is 0.179. The van der Waals surface area contributed by atoms with Crippen molar-refractivity contribution in [3.8, 4) is 0 Å². The number of rotatable bonds is 6. The van der Waals surface area contributed by atoms with Crippen LogP contribution in [0.3, 0.4) is 0 Å². The Morgan fingerprint density at radius 2 is 2.00 bits per heavy atom. The second kappa shape index (κ2) is 7.87. The first kappa shape index (κ1) is 19.6. The van der Waals surface area contributed by atoms with Crippen molar-refractivity contribution in [1.29, 1.82) is 0 Å². The quantitative estimate of drug-likeness (QED) is 0.745. The number of hydrogen-bond acceptors (Lipinski definition) is 4. The third kappa shape index (κ3) is 4.59. The largest absolute Gasteiger partial charge is 0.399 e. The fourth-order valence-electron chi connectivity index (χ4n) is 4.67. The van der Waals surface area contributed by atoms with Gasteiger partial charge < -0.3 is 11.1 Å². The molecule has 0 saturated carbocycles. The van der Waals surface area contributed by atoms with E-state index in [0.717, 1.165) is 57.2 Å². The van der Waals surface area contributed by atoms with E-state index in [1.807, 2.05) is 6.07 Å². The molecule has 1 aromatic rings. The molecule has 5 nitrogen and oxygen atoms in total. The molecule has 1 aliphatic heterocycles. The van der Waals surface area contributed by atoms with Crippen molar-refractivity contribution in [2.24, 2.45) is 5.92 Å². The molecule has 0 aromatic heterocycles. The van der Waals surface area contributed by atoms with Crippen molar-refractivity contribution in [3.63, 3.8) is 0 Å². The number of anilines is 1. The molecule has 1 unspecified atom stereocenters. The van der Waals surface area contributed by atoms with Gasteiger partial charge >= 0.3 is 0 Å². The zero-order chi connectivity index (χ0) is 18.8. The zero-order valence-electron chi connectivity index (χ0n) is 16.1. The Labute approximate surface area is 158 Å². The second-order valence-electron chi connectivity index (χ2n) is 8.22. The molecular weight excluding hydrogens is 346 g/mol. The van der Waals surface area contributed by atoms with Gasteiger partial charge in [-0.05, 0) is 80.7 Å². The van der Waals surface area contributed by atoms with Crippen LogP contribution in [0, 0.1) is 5.92 Å². The number of nitrogens with zero attached hydrogens (tertiary/aromatic N) is 1. The van der Waals surface area contributed by atoms with Crippen LogP contribution in [0.25, 0.3) is 0 Å². The lowest BCUT2D eigenvalue weighted by atomic mass is 9.71. The van der Waals surface area contributed by atoms with Crippen LogP contribution in [-0.4, -0.2) is 44.2 Å². The summed E-state index contributed by atoms with van der Waals surface area (Å²) in [5.74, 6) is 0.583. The normalized spacial score (nSPS) is 25.2. The number of hydrogen-bond donors (Lipinski definition) is 2. The lowest BCUT2D eigenvalue weighted by Crippen LogP contribution is -2.52. The van der Waals surface area contributed by atoms with Crippen molar-refractivity contribution >= 4 is 15.7 Å². The van der Waals surface area contributed by atoms with E-state index in [1.54, 1.807) is 4.31 Å². The average Bonchev–Trinajstić information content (AvgIpc) is 2.59. The molecule has 1 saturated heterocycles. The summed E-state index contributed by atoms with van der Waals surface area (Å²) < 4.78 is 25.1. The van der Waals surface area contributed by atoms with Gasteiger partial charge in [0.15, 0.2) is 0 Å². The molecule has 1 aliphatic carbocycles. The van der Waals surface area contributed by atoms with E-state index in [4.69, 9.17) is 5.73 Å². The Bertz CT molecular complexity index is 727. The van der Waals surface area contributed by atoms with Crippen LogP contribution in [0.2, 0.25) is 0 Å². The van der Waals surface area contributed by atoms with E-state index in [2.05, 4.69) is 24.4 Å². The first-order valence-corrected chi connectivity index (χ1v) is 11.7. The summed E-state index contributed by atoms with van der Waals surface area (Å²) in [6, 6.07) is 6.33. The molecule has 0 spiro atoms. The second-order valence-corrected chi connectivity index (χ2v) is 10.2. The van der Waals surface area contributed by atoms with Gasteiger partial charge in [-0.3, -0.25) is 0 Å². The van der Waals surface area contributed by atoms with Crippen molar-refractivity contribution in [2.75, 3.05) is 31.6 Å². The summed E-state index contributed by atoms with van der Waals surface area (Å²) in [6.45, 7) is 4.56. The molecule has 1 atom stereocenters. The maximum Gasteiger partial charge on any atom is 0.211 e. The molecule has 6 heteroatoms. The highest BCUT2D eigenvalue weighted by Crippen LogP contribution is 2.37. The van der Waals surface area contributed by atoms with E-state index >= 15 is 0 Å². The molecule has 3 N–H and O–H groups in total. The number of nitrogen functional groups attached to an aromatic ring is 1. The highest BCUT2D eigenvalue weighted by Gasteiger charge is 2.37. The highest BCUT2D eigenvalue weighted by atomic mass is 32.2. The van der Waals surface area contributed by atoms with Gasteiger partial charge in [-0.2, -0.15) is 0 Å². The Morgan fingerprint density at radius 1 is 1.27 bits per heavy atom. The smallest absolute Gasteiger partial charge is 0.211 e. The predicted octanol–water partition coefficient (Wildman–Crippen LogP) is 2.56. The standard InChI is InChI=1S/C20H33N3O2S/c1-3-10-22-20(9-6-17-4-5-19(21)13-18(17)15-20)14-16-7-11-23(12-8-16)26(2,24)25/h4-5,13,16,22H,3,6-12,14-15,21H2,1-2H3. The number of benzene rings is 1. The Kier molecular flexibility index (Phi) is 5.94. The maximum absolute atomic E-state index is 11.8. The van der Waals surface area contributed by atoms with Crippen LogP contribution in [0.15, 0.2) is 18.2 Å². The summed E-state index contributed by atoms with van der Waals surface area (Å²) in [6.07, 6.45) is 8.76. The van der Waals surface area contributed by atoms with Crippen molar-refractivity contribution in [2.45, 2.75) is 57.4 Å². The van der Waals surface area contributed by atoms with Crippen LogP contribution in [0.4, 0.5) is 5.69 Å². The highest BCUT2D eigenvalue weighted by molar-refractivity contribution is 7.88. The van der Waals surface area contributed by atoms with Crippen LogP contribution in [0.1, 0.15) is 50.2 Å². The average molecular weight is 380 g/mol. The van der Waals surface area contributed by atoms with Gasteiger partial charge in [0.1, 0.15) is 0 Å². The van der Waals surface area contributed by atoms with Gasteiger partial charge in [0.25, 0.3) is 0 Å². The number of nitrogens with two attached hydrogens (primary N) is 1. The van der Waals surface area contributed by atoms with Crippen molar-refractivity contribution < 1.29 is 8.42 Å². The Balaban J connectivity index is 1.71. The third-order valence-corrected chi connectivity index (χ3v) is 7.41.